The number of likely N-dealkylation sites (N-methyl/N-ethyl adjacent to an activating group) is 1. The molecule has 0 aromatic carbocycles. The van der Waals surface area contributed by atoms with Crippen LogP contribution >= 0.6 is 0 Å². The van der Waals surface area contributed by atoms with E-state index in [9.17, 15) is 4.79 Å². The maximum absolute atomic E-state index is 12.1. The van der Waals surface area contributed by atoms with Gasteiger partial charge in [0.15, 0.2) is 0 Å². The van der Waals surface area contributed by atoms with Crippen LogP contribution in [0.25, 0.3) is 0 Å². The van der Waals surface area contributed by atoms with E-state index < -0.39 is 0 Å². The number of aromatic nitrogens is 1. The number of carbonyl (C=O) groups excluding carboxylic acids is 1. The fourth-order valence-electron chi connectivity index (χ4n) is 2.43. The quantitative estimate of drug-likeness (QED) is 0.882. The molecule has 2 rings (SSSR count). The molecule has 0 saturated carbocycles. The third-order valence-electron chi connectivity index (χ3n) is 4.07. The van der Waals surface area contributed by atoms with E-state index in [1.807, 2.05) is 27.0 Å². The van der Waals surface area contributed by atoms with Gasteiger partial charge < -0.3 is 15.5 Å². The average molecular weight is 291 g/mol. The second-order valence-corrected chi connectivity index (χ2v) is 5.80. The molecule has 1 aliphatic rings. The highest BCUT2D eigenvalue weighted by Gasteiger charge is 2.22. The summed E-state index contributed by atoms with van der Waals surface area (Å²) in [5, 5.41) is 0. The molecule has 21 heavy (non-hydrogen) atoms. The van der Waals surface area contributed by atoms with Crippen LogP contribution in [-0.4, -0.2) is 66.5 Å². The Labute approximate surface area is 126 Å². The van der Waals surface area contributed by atoms with Crippen molar-refractivity contribution in [1.29, 1.82) is 0 Å². The summed E-state index contributed by atoms with van der Waals surface area (Å²) in [6, 6.07) is 2.19. The maximum Gasteiger partial charge on any atom is 0.236 e. The maximum atomic E-state index is 12.1. The van der Waals surface area contributed by atoms with Crippen LogP contribution in [0.15, 0.2) is 18.5 Å². The molecule has 6 heteroatoms. The first kappa shape index (κ1) is 15.6. The molecular formula is C15H25N5O. The van der Waals surface area contributed by atoms with Crippen LogP contribution < -0.4 is 10.6 Å². The fraction of sp³-hybridized carbons (Fsp3) is 0.600. The van der Waals surface area contributed by atoms with Crippen molar-refractivity contribution in [3.05, 3.63) is 18.5 Å². The lowest BCUT2D eigenvalue weighted by Gasteiger charge is -2.37. The van der Waals surface area contributed by atoms with E-state index >= 15 is 0 Å². The Hall–Kier alpha value is -1.82. The van der Waals surface area contributed by atoms with Crippen LogP contribution in [0.1, 0.15) is 13.8 Å². The fourth-order valence-corrected chi connectivity index (χ4v) is 2.43. The smallest absolute Gasteiger partial charge is 0.236 e. The van der Waals surface area contributed by atoms with E-state index in [-0.39, 0.29) is 11.9 Å². The van der Waals surface area contributed by atoms with Crippen molar-refractivity contribution in [1.82, 2.24) is 14.8 Å². The number of nitrogens with zero attached hydrogens (tertiary/aromatic N) is 4. The van der Waals surface area contributed by atoms with Gasteiger partial charge in [-0.05, 0) is 19.9 Å². The molecule has 0 radical (unpaired) electrons. The number of pyridine rings is 1. The van der Waals surface area contributed by atoms with Crippen LogP contribution in [-0.2, 0) is 4.79 Å². The molecule has 0 spiro atoms. The molecule has 2 heterocycles. The molecule has 1 aromatic heterocycles. The van der Waals surface area contributed by atoms with Gasteiger partial charge in [-0.2, -0.15) is 0 Å². The molecule has 116 valence electrons. The number of hydrogen-bond donors (Lipinski definition) is 1. The summed E-state index contributed by atoms with van der Waals surface area (Å²) in [4.78, 5) is 22.4. The van der Waals surface area contributed by atoms with Crippen molar-refractivity contribution in [2.45, 2.75) is 19.9 Å². The topological polar surface area (TPSA) is 65.7 Å². The summed E-state index contributed by atoms with van der Waals surface area (Å²) in [7, 11) is 1.86. The molecule has 2 N–H and O–H groups in total. The molecule has 1 aromatic rings. The van der Waals surface area contributed by atoms with E-state index in [4.69, 9.17) is 5.73 Å². The molecule has 1 amide bonds. The van der Waals surface area contributed by atoms with Crippen molar-refractivity contribution < 1.29 is 4.79 Å². The summed E-state index contributed by atoms with van der Waals surface area (Å²) in [6.45, 7) is 8.07. The zero-order valence-electron chi connectivity index (χ0n) is 13.1. The zero-order valence-corrected chi connectivity index (χ0v) is 13.1. The second-order valence-electron chi connectivity index (χ2n) is 5.80. The van der Waals surface area contributed by atoms with Crippen molar-refractivity contribution in [3.8, 4) is 0 Å². The third-order valence-corrected chi connectivity index (χ3v) is 4.07. The lowest BCUT2D eigenvalue weighted by molar-refractivity contribution is -0.132. The SMILES string of the molecule is CC(C)N(C)C(=O)CN1CCN(c2ccncc2N)CC1. The van der Waals surface area contributed by atoms with E-state index in [1.54, 1.807) is 17.3 Å². The number of rotatable bonds is 4. The first-order valence-electron chi connectivity index (χ1n) is 7.41. The first-order chi connectivity index (χ1) is 9.99. The highest BCUT2D eigenvalue weighted by Crippen LogP contribution is 2.22. The lowest BCUT2D eigenvalue weighted by Crippen LogP contribution is -2.50. The van der Waals surface area contributed by atoms with Crippen molar-refractivity contribution in [2.24, 2.45) is 0 Å². The van der Waals surface area contributed by atoms with Gasteiger partial charge in [0.25, 0.3) is 0 Å². The van der Waals surface area contributed by atoms with E-state index in [2.05, 4.69) is 14.8 Å². The van der Waals surface area contributed by atoms with Gasteiger partial charge in [0.2, 0.25) is 5.91 Å². The molecule has 1 saturated heterocycles. The van der Waals surface area contributed by atoms with Gasteiger partial charge in [0, 0.05) is 45.5 Å². The minimum absolute atomic E-state index is 0.182. The van der Waals surface area contributed by atoms with Gasteiger partial charge in [-0.1, -0.05) is 0 Å². The van der Waals surface area contributed by atoms with Crippen LogP contribution in [0.2, 0.25) is 0 Å². The Kier molecular flexibility index (Phi) is 5.01. The number of nitrogen functional groups attached to an aromatic ring is 1. The monoisotopic (exact) mass is 291 g/mol. The number of amides is 1. The molecule has 6 nitrogen and oxygen atoms in total. The predicted molar refractivity (Wildman–Crippen MR) is 85.2 cm³/mol. The number of carbonyl (C=O) groups is 1. The van der Waals surface area contributed by atoms with Crippen molar-refractivity contribution in [3.63, 3.8) is 0 Å². The van der Waals surface area contributed by atoms with Gasteiger partial charge in [-0.3, -0.25) is 14.7 Å². The Bertz CT molecular complexity index is 483. The molecule has 0 aliphatic carbocycles. The van der Waals surface area contributed by atoms with Gasteiger partial charge in [-0.25, -0.2) is 0 Å². The van der Waals surface area contributed by atoms with Crippen LogP contribution in [0.3, 0.4) is 0 Å². The highest BCUT2D eigenvalue weighted by molar-refractivity contribution is 5.78. The normalized spacial score (nSPS) is 16.3. The molecule has 0 unspecified atom stereocenters. The van der Waals surface area contributed by atoms with Gasteiger partial charge in [-0.15, -0.1) is 0 Å². The van der Waals surface area contributed by atoms with E-state index in [0.717, 1.165) is 31.9 Å². The predicted octanol–water partition coefficient (Wildman–Crippen LogP) is 0.653. The summed E-state index contributed by atoms with van der Waals surface area (Å²) in [6.07, 6.45) is 3.45. The minimum Gasteiger partial charge on any atom is -0.396 e. The van der Waals surface area contributed by atoms with E-state index in [1.165, 1.54) is 0 Å². The van der Waals surface area contributed by atoms with Gasteiger partial charge in [0.05, 0.1) is 24.1 Å². The van der Waals surface area contributed by atoms with Gasteiger partial charge >= 0.3 is 0 Å². The summed E-state index contributed by atoms with van der Waals surface area (Å²) >= 11 is 0. The standard InChI is InChI=1S/C15H25N5O/c1-12(2)18(3)15(21)11-19-6-8-20(9-7-19)14-4-5-17-10-13(14)16/h4-5,10,12H,6-9,11,16H2,1-3H3. The van der Waals surface area contributed by atoms with Crippen LogP contribution in [0, 0.1) is 0 Å². The van der Waals surface area contributed by atoms with Crippen molar-refractivity contribution >= 4 is 17.3 Å². The number of anilines is 2. The van der Waals surface area contributed by atoms with Crippen LogP contribution in [0.4, 0.5) is 11.4 Å². The average Bonchev–Trinajstić information content (AvgIpc) is 2.47. The Morgan fingerprint density at radius 3 is 2.62 bits per heavy atom. The number of hydrogen-bond acceptors (Lipinski definition) is 5. The Morgan fingerprint density at radius 1 is 1.38 bits per heavy atom. The highest BCUT2D eigenvalue weighted by atomic mass is 16.2. The Morgan fingerprint density at radius 2 is 2.05 bits per heavy atom. The Balaban J connectivity index is 1.86. The molecular weight excluding hydrogens is 266 g/mol. The van der Waals surface area contributed by atoms with E-state index in [0.29, 0.717) is 12.2 Å². The number of piperazine rings is 1. The van der Waals surface area contributed by atoms with Gasteiger partial charge in [0.1, 0.15) is 0 Å². The number of nitrogens with two attached hydrogens (primary N) is 1. The third kappa shape index (κ3) is 3.85. The molecule has 0 atom stereocenters. The zero-order chi connectivity index (χ0) is 15.4. The first-order valence-corrected chi connectivity index (χ1v) is 7.41. The molecule has 1 fully saturated rings. The summed E-state index contributed by atoms with van der Waals surface area (Å²) in [5.41, 5.74) is 7.71. The second kappa shape index (κ2) is 6.76. The largest absolute Gasteiger partial charge is 0.396 e. The molecule has 1 aliphatic heterocycles. The lowest BCUT2D eigenvalue weighted by atomic mass is 10.2. The summed E-state index contributed by atoms with van der Waals surface area (Å²) < 4.78 is 0. The minimum atomic E-state index is 0.182. The van der Waals surface area contributed by atoms with Crippen LogP contribution in [0.5, 0.6) is 0 Å². The van der Waals surface area contributed by atoms with Crippen molar-refractivity contribution in [2.75, 3.05) is 50.4 Å². The summed E-state index contributed by atoms with van der Waals surface area (Å²) in [5.74, 6) is 0.182. The molecule has 0 bridgehead atoms.